The van der Waals surface area contributed by atoms with E-state index in [0.29, 0.717) is 0 Å². The largest absolute Gasteiger partial charge is 1.00 e. The third kappa shape index (κ3) is 2.65. The minimum atomic E-state index is -4.61. The van der Waals surface area contributed by atoms with Crippen molar-refractivity contribution in [2.24, 2.45) is 5.16 Å². The van der Waals surface area contributed by atoms with Crippen LogP contribution in [0.25, 0.3) is 0 Å². The first-order valence-electron chi connectivity index (χ1n) is 4.74. The molecule has 0 aliphatic heterocycles. The number of Topliss-reactive ketones (excluding diaryl/α,β-unsaturated/α-hetero) is 1. The van der Waals surface area contributed by atoms with Crippen molar-refractivity contribution in [2.75, 3.05) is 0 Å². The van der Waals surface area contributed by atoms with E-state index in [1.807, 2.05) is 0 Å². The van der Waals surface area contributed by atoms with Crippen LogP contribution < -0.4 is 29.6 Å². The van der Waals surface area contributed by atoms with E-state index in [2.05, 4.69) is 5.16 Å². The van der Waals surface area contributed by atoms with Gasteiger partial charge in [0.2, 0.25) is 0 Å². The molecule has 0 aromatic heterocycles. The second-order valence-corrected chi connectivity index (χ2v) is 5.20. The van der Waals surface area contributed by atoms with Crippen molar-refractivity contribution in [1.82, 2.24) is 0 Å². The van der Waals surface area contributed by atoms with Gasteiger partial charge in [-0.25, -0.2) is 8.42 Å². The van der Waals surface area contributed by atoms with Crippen molar-refractivity contribution in [3.63, 3.8) is 0 Å². The Morgan fingerprint density at radius 1 is 1.33 bits per heavy atom. The standard InChI is InChI=1S/C10H9NO5S.Na/c12-8-5-9(17(14,15)16)6-3-1-2-4-7(6)10(8)11-13;/h1-4,9,13H,5H2,(H,14,15,16);/q;+1/p-1/b11-10+;. The molecule has 1 unspecified atom stereocenters. The van der Waals surface area contributed by atoms with Gasteiger partial charge in [-0.2, -0.15) is 0 Å². The normalized spacial score (nSPS) is 21.3. The molecule has 8 heteroatoms. The van der Waals surface area contributed by atoms with E-state index < -0.39 is 27.6 Å². The molecule has 90 valence electrons. The van der Waals surface area contributed by atoms with Crippen molar-refractivity contribution in [3.05, 3.63) is 35.4 Å². The third-order valence-corrected chi connectivity index (χ3v) is 3.76. The van der Waals surface area contributed by atoms with E-state index >= 15 is 0 Å². The summed E-state index contributed by atoms with van der Waals surface area (Å²) in [4.78, 5) is 11.6. The Hall–Kier alpha value is -0.730. The topological polar surface area (TPSA) is 107 Å². The fourth-order valence-corrected chi connectivity index (χ4v) is 2.76. The molecule has 0 saturated heterocycles. The monoisotopic (exact) mass is 277 g/mol. The van der Waals surface area contributed by atoms with Gasteiger partial charge in [-0.05, 0) is 5.56 Å². The number of oxime groups is 1. The summed E-state index contributed by atoms with van der Waals surface area (Å²) < 4.78 is 33.2. The van der Waals surface area contributed by atoms with Crippen LogP contribution in [0.5, 0.6) is 0 Å². The number of benzene rings is 1. The summed E-state index contributed by atoms with van der Waals surface area (Å²) in [5.41, 5.74) is 0.186. The van der Waals surface area contributed by atoms with Gasteiger partial charge in [-0.3, -0.25) is 4.79 Å². The van der Waals surface area contributed by atoms with Crippen molar-refractivity contribution in [3.8, 4) is 0 Å². The Balaban J connectivity index is 0.00000162. The SMILES string of the molecule is O=C1CC(S(=O)(=O)[O-])c2ccccc2/C1=N\O.[Na+]. The number of ketones is 1. The molecule has 6 nitrogen and oxygen atoms in total. The van der Waals surface area contributed by atoms with Crippen LogP contribution in [0.15, 0.2) is 29.4 Å². The summed E-state index contributed by atoms with van der Waals surface area (Å²) in [5.74, 6) is -0.657. The second kappa shape index (κ2) is 5.50. The van der Waals surface area contributed by atoms with Crippen LogP contribution in [0, 0.1) is 0 Å². The maximum absolute atomic E-state index is 11.6. The zero-order valence-corrected chi connectivity index (χ0v) is 12.3. The first-order valence-corrected chi connectivity index (χ1v) is 6.21. The predicted octanol–water partition coefficient (Wildman–Crippen LogP) is -2.57. The molecule has 1 aliphatic carbocycles. The van der Waals surface area contributed by atoms with Crippen LogP contribution >= 0.6 is 0 Å². The van der Waals surface area contributed by atoms with Crippen molar-refractivity contribution < 1.29 is 52.5 Å². The molecule has 0 amide bonds. The Kier molecular flexibility index (Phi) is 4.68. The minimum Gasteiger partial charge on any atom is -0.747 e. The van der Waals surface area contributed by atoms with Crippen LogP contribution in [0.4, 0.5) is 0 Å². The van der Waals surface area contributed by atoms with E-state index in [1.165, 1.54) is 12.1 Å². The molecular weight excluding hydrogens is 269 g/mol. The molecule has 2 rings (SSSR count). The fraction of sp³-hybridized carbons (Fsp3) is 0.200. The van der Waals surface area contributed by atoms with Crippen LogP contribution in [0.1, 0.15) is 22.8 Å². The molecule has 0 spiro atoms. The second-order valence-electron chi connectivity index (χ2n) is 3.64. The van der Waals surface area contributed by atoms with Gasteiger partial charge in [0.05, 0.1) is 5.25 Å². The van der Waals surface area contributed by atoms with Gasteiger partial charge in [-0.15, -0.1) is 0 Å². The van der Waals surface area contributed by atoms with Crippen molar-refractivity contribution >= 4 is 21.6 Å². The average Bonchev–Trinajstić information content (AvgIpc) is 2.27. The maximum atomic E-state index is 11.6. The van der Waals surface area contributed by atoms with Gasteiger partial charge in [0.15, 0.2) is 11.5 Å². The van der Waals surface area contributed by atoms with Gasteiger partial charge in [0, 0.05) is 12.0 Å². The quantitative estimate of drug-likeness (QED) is 0.263. The number of rotatable bonds is 1. The maximum Gasteiger partial charge on any atom is 1.00 e. The smallest absolute Gasteiger partial charge is 0.747 e. The number of fused-ring (bicyclic) bond motifs is 1. The van der Waals surface area contributed by atoms with Gasteiger partial charge < -0.3 is 9.76 Å². The molecule has 0 heterocycles. The molecule has 18 heavy (non-hydrogen) atoms. The summed E-state index contributed by atoms with van der Waals surface area (Å²) in [6.45, 7) is 0. The Bertz CT molecular complexity index is 610. The molecule has 0 saturated carbocycles. The summed E-state index contributed by atoms with van der Waals surface area (Å²) in [6.07, 6.45) is -0.484. The molecule has 0 bridgehead atoms. The summed E-state index contributed by atoms with van der Waals surface area (Å²) >= 11 is 0. The van der Waals surface area contributed by atoms with E-state index in [1.54, 1.807) is 12.1 Å². The van der Waals surface area contributed by atoms with Crippen LogP contribution in [-0.4, -0.2) is 29.7 Å². The predicted molar refractivity (Wildman–Crippen MR) is 56.8 cm³/mol. The average molecular weight is 277 g/mol. The Morgan fingerprint density at radius 3 is 2.50 bits per heavy atom. The first kappa shape index (κ1) is 15.3. The fourth-order valence-electron chi connectivity index (χ4n) is 1.89. The zero-order chi connectivity index (χ0) is 12.6. The number of hydrogen-bond donors (Lipinski definition) is 1. The van der Waals surface area contributed by atoms with Crippen LogP contribution in [0.3, 0.4) is 0 Å². The van der Waals surface area contributed by atoms with Crippen LogP contribution in [-0.2, 0) is 14.9 Å². The Morgan fingerprint density at radius 2 is 1.94 bits per heavy atom. The molecule has 1 aromatic carbocycles. The molecule has 0 fully saturated rings. The molecular formula is C10H8NNaO5S. The van der Waals surface area contributed by atoms with Crippen molar-refractivity contribution in [2.45, 2.75) is 11.7 Å². The third-order valence-electron chi connectivity index (χ3n) is 2.65. The van der Waals surface area contributed by atoms with Gasteiger partial charge in [-0.1, -0.05) is 29.4 Å². The van der Waals surface area contributed by atoms with Crippen molar-refractivity contribution in [1.29, 1.82) is 0 Å². The molecule has 1 atom stereocenters. The molecule has 0 radical (unpaired) electrons. The number of carbonyl (C=O) groups excluding carboxylic acids is 1. The van der Waals surface area contributed by atoms with E-state index in [-0.39, 0.29) is 46.4 Å². The Labute approximate surface area is 126 Å². The number of carbonyl (C=O) groups is 1. The number of nitrogens with zero attached hydrogens (tertiary/aromatic N) is 1. The first-order chi connectivity index (χ1) is 7.95. The van der Waals surface area contributed by atoms with Gasteiger partial charge in [0.1, 0.15) is 10.1 Å². The summed E-state index contributed by atoms with van der Waals surface area (Å²) in [6, 6.07) is 6.01. The number of hydrogen-bond acceptors (Lipinski definition) is 6. The van der Waals surface area contributed by atoms with Gasteiger partial charge >= 0.3 is 29.6 Å². The van der Waals surface area contributed by atoms with Crippen LogP contribution in [0.2, 0.25) is 0 Å². The molecule has 1 aliphatic rings. The summed E-state index contributed by atoms with van der Waals surface area (Å²) in [5, 5.41) is 10.2. The molecule has 1 aromatic rings. The summed E-state index contributed by atoms with van der Waals surface area (Å²) in [7, 11) is -4.61. The van der Waals surface area contributed by atoms with E-state index in [4.69, 9.17) is 5.21 Å². The zero-order valence-electron chi connectivity index (χ0n) is 9.53. The van der Waals surface area contributed by atoms with E-state index in [0.717, 1.165) is 0 Å². The van der Waals surface area contributed by atoms with Gasteiger partial charge in [0.25, 0.3) is 0 Å². The molecule has 1 N–H and O–H groups in total. The minimum absolute atomic E-state index is 0. The van der Waals surface area contributed by atoms with E-state index in [9.17, 15) is 17.8 Å².